The van der Waals surface area contributed by atoms with Crippen LogP contribution < -0.4 is 15.0 Å². The van der Waals surface area contributed by atoms with Gasteiger partial charge in [0.05, 0.1) is 17.3 Å². The van der Waals surface area contributed by atoms with E-state index in [1.807, 2.05) is 98.0 Å². The summed E-state index contributed by atoms with van der Waals surface area (Å²) < 4.78 is 8.18. The standard InChI is InChI=1S/C32H26N4O3S/c1-21-7-2-3-10-28(21)39-25-17-15-24(16-18-25)36-30(29(34-32(36)40)26-8-4-5-19-33-26)27-9-6-20-35(27)23-13-11-22(12-14-23)31(37)38/h2-20,29-30H,1H3,(H,34,40)(H,37,38)/t29-,30-/m1/s1. The molecule has 0 amide bonds. The number of hydrogen-bond acceptors (Lipinski definition) is 4. The first-order chi connectivity index (χ1) is 19.5. The minimum atomic E-state index is -0.958. The summed E-state index contributed by atoms with van der Waals surface area (Å²) in [7, 11) is 0. The number of benzene rings is 3. The van der Waals surface area contributed by atoms with E-state index in [1.54, 1.807) is 18.3 Å². The Hall–Kier alpha value is -4.95. The van der Waals surface area contributed by atoms with Gasteiger partial charge in [-0.25, -0.2) is 4.79 Å². The summed E-state index contributed by atoms with van der Waals surface area (Å²) in [5.74, 6) is 0.588. The molecule has 8 heteroatoms. The van der Waals surface area contributed by atoms with Crippen LogP contribution in [0.4, 0.5) is 5.69 Å². The zero-order chi connectivity index (χ0) is 27.6. The number of aromatic carboxylic acids is 1. The van der Waals surface area contributed by atoms with E-state index >= 15 is 0 Å². The molecule has 0 spiro atoms. The number of carboxylic acids is 1. The van der Waals surface area contributed by atoms with Gasteiger partial charge in [0, 0.05) is 29.5 Å². The molecule has 1 saturated heterocycles. The van der Waals surface area contributed by atoms with Crippen LogP contribution in [0.3, 0.4) is 0 Å². The number of carboxylic acid groups (broad SMARTS) is 1. The number of pyridine rings is 1. The van der Waals surface area contributed by atoms with Gasteiger partial charge in [-0.05, 0) is 104 Å². The molecule has 0 unspecified atom stereocenters. The summed E-state index contributed by atoms with van der Waals surface area (Å²) >= 11 is 5.89. The maximum absolute atomic E-state index is 11.4. The SMILES string of the molecule is Cc1ccccc1Oc1ccc(N2C(=S)N[C@H](c3ccccn3)[C@H]2c2cccn2-c2ccc(C(=O)O)cc2)cc1. The van der Waals surface area contributed by atoms with Gasteiger partial charge in [-0.2, -0.15) is 0 Å². The number of anilines is 1. The second-order valence-electron chi connectivity index (χ2n) is 9.51. The number of nitrogens with one attached hydrogen (secondary N) is 1. The summed E-state index contributed by atoms with van der Waals surface area (Å²) in [5, 5.41) is 13.4. The summed E-state index contributed by atoms with van der Waals surface area (Å²) in [6.45, 7) is 2.02. The Kier molecular flexibility index (Phi) is 6.76. The zero-order valence-corrected chi connectivity index (χ0v) is 22.5. The number of ether oxygens (including phenoxy) is 1. The first-order valence-electron chi connectivity index (χ1n) is 12.8. The van der Waals surface area contributed by atoms with Crippen molar-refractivity contribution in [3.8, 4) is 17.2 Å². The molecule has 1 aliphatic heterocycles. The lowest BCUT2D eigenvalue weighted by Gasteiger charge is -2.29. The minimum Gasteiger partial charge on any atom is -0.478 e. The summed E-state index contributed by atoms with van der Waals surface area (Å²) in [6.07, 6.45) is 3.75. The molecule has 6 rings (SSSR count). The third-order valence-corrected chi connectivity index (χ3v) is 7.32. The van der Waals surface area contributed by atoms with Gasteiger partial charge < -0.3 is 24.6 Å². The molecule has 0 aliphatic carbocycles. The van der Waals surface area contributed by atoms with Crippen LogP contribution in [0.15, 0.2) is 116 Å². The molecule has 0 radical (unpaired) electrons. The Morgan fingerprint density at radius 1 is 0.900 bits per heavy atom. The molecule has 3 aromatic carbocycles. The third kappa shape index (κ3) is 4.81. The number of thiocarbonyl (C=S) groups is 1. The van der Waals surface area contributed by atoms with Crippen LogP contribution in [0.25, 0.3) is 5.69 Å². The van der Waals surface area contributed by atoms with Crippen molar-refractivity contribution in [1.29, 1.82) is 0 Å². The van der Waals surface area contributed by atoms with Gasteiger partial charge in [0.15, 0.2) is 5.11 Å². The molecule has 198 valence electrons. The van der Waals surface area contributed by atoms with Crippen LogP contribution in [-0.4, -0.2) is 25.7 Å². The number of para-hydroxylation sites is 1. The van der Waals surface area contributed by atoms with Crippen LogP contribution in [-0.2, 0) is 0 Å². The molecule has 2 N–H and O–H groups in total. The first-order valence-corrected chi connectivity index (χ1v) is 13.3. The largest absolute Gasteiger partial charge is 0.478 e. The fourth-order valence-corrected chi connectivity index (χ4v) is 5.39. The average molecular weight is 547 g/mol. The lowest BCUT2D eigenvalue weighted by Crippen LogP contribution is -2.30. The van der Waals surface area contributed by atoms with Crippen molar-refractivity contribution >= 4 is 29.0 Å². The maximum atomic E-state index is 11.4. The fraction of sp³-hybridized carbons (Fsp3) is 0.0938. The lowest BCUT2D eigenvalue weighted by atomic mass is 10.0. The molecule has 7 nitrogen and oxygen atoms in total. The van der Waals surface area contributed by atoms with Gasteiger partial charge >= 0.3 is 5.97 Å². The minimum absolute atomic E-state index is 0.219. The number of aryl methyl sites for hydroxylation is 1. The lowest BCUT2D eigenvalue weighted by molar-refractivity contribution is 0.0697. The van der Waals surface area contributed by atoms with E-state index in [1.165, 1.54) is 0 Å². The van der Waals surface area contributed by atoms with E-state index in [-0.39, 0.29) is 17.6 Å². The van der Waals surface area contributed by atoms with Crippen molar-refractivity contribution in [2.45, 2.75) is 19.0 Å². The predicted octanol–water partition coefficient (Wildman–Crippen LogP) is 6.85. The van der Waals surface area contributed by atoms with Crippen molar-refractivity contribution in [2.24, 2.45) is 0 Å². The molecule has 1 aliphatic rings. The van der Waals surface area contributed by atoms with Crippen LogP contribution in [0, 0.1) is 6.92 Å². The van der Waals surface area contributed by atoms with Crippen LogP contribution in [0.2, 0.25) is 0 Å². The van der Waals surface area contributed by atoms with Crippen LogP contribution in [0.1, 0.15) is 39.4 Å². The third-order valence-electron chi connectivity index (χ3n) is 7.01. The van der Waals surface area contributed by atoms with Crippen molar-refractivity contribution in [3.63, 3.8) is 0 Å². The van der Waals surface area contributed by atoms with Crippen LogP contribution in [0.5, 0.6) is 11.5 Å². The van der Waals surface area contributed by atoms with Crippen molar-refractivity contribution < 1.29 is 14.6 Å². The second kappa shape index (κ2) is 10.7. The highest BCUT2D eigenvalue weighted by atomic mass is 32.1. The molecule has 2 aromatic heterocycles. The van der Waals surface area contributed by atoms with Gasteiger partial charge in [0.1, 0.15) is 17.5 Å². The Balaban J connectivity index is 1.39. The molecule has 1 fully saturated rings. The quantitative estimate of drug-likeness (QED) is 0.216. The van der Waals surface area contributed by atoms with Gasteiger partial charge in [-0.15, -0.1) is 0 Å². The molecule has 5 aromatic rings. The monoisotopic (exact) mass is 546 g/mol. The number of aromatic nitrogens is 2. The highest BCUT2D eigenvalue weighted by Crippen LogP contribution is 2.42. The second-order valence-corrected chi connectivity index (χ2v) is 9.90. The van der Waals surface area contributed by atoms with E-state index in [2.05, 4.69) is 25.8 Å². The molecule has 2 atom stereocenters. The Morgan fingerprint density at radius 3 is 2.33 bits per heavy atom. The highest BCUT2D eigenvalue weighted by molar-refractivity contribution is 7.80. The topological polar surface area (TPSA) is 79.6 Å². The maximum Gasteiger partial charge on any atom is 0.335 e. The highest BCUT2D eigenvalue weighted by Gasteiger charge is 2.42. The van der Waals surface area contributed by atoms with Crippen molar-refractivity contribution in [2.75, 3.05) is 4.90 Å². The molecular formula is C32H26N4O3S. The van der Waals surface area contributed by atoms with E-state index in [4.69, 9.17) is 17.0 Å². The van der Waals surface area contributed by atoms with Crippen molar-refractivity contribution in [3.05, 3.63) is 138 Å². The summed E-state index contributed by atoms with van der Waals surface area (Å²) in [4.78, 5) is 18.1. The molecule has 3 heterocycles. The summed E-state index contributed by atoms with van der Waals surface area (Å²) in [5.41, 5.74) is 4.91. The van der Waals surface area contributed by atoms with E-state index in [9.17, 15) is 9.90 Å². The smallest absolute Gasteiger partial charge is 0.335 e. The van der Waals surface area contributed by atoms with Gasteiger partial charge in [0.25, 0.3) is 0 Å². The van der Waals surface area contributed by atoms with Gasteiger partial charge in [-0.1, -0.05) is 24.3 Å². The van der Waals surface area contributed by atoms with E-state index in [0.29, 0.717) is 5.11 Å². The van der Waals surface area contributed by atoms with E-state index in [0.717, 1.165) is 39.8 Å². The molecule has 0 saturated carbocycles. The molecular weight excluding hydrogens is 520 g/mol. The van der Waals surface area contributed by atoms with E-state index < -0.39 is 5.97 Å². The normalized spacial score (nSPS) is 16.5. The predicted molar refractivity (Wildman–Crippen MR) is 158 cm³/mol. The first kappa shape index (κ1) is 25.3. The number of nitrogens with zero attached hydrogens (tertiary/aromatic N) is 3. The number of hydrogen-bond donors (Lipinski definition) is 2. The fourth-order valence-electron chi connectivity index (χ4n) is 5.04. The van der Waals surface area contributed by atoms with Gasteiger partial charge in [-0.3, -0.25) is 4.98 Å². The van der Waals surface area contributed by atoms with Gasteiger partial charge in [0.2, 0.25) is 0 Å². The number of carbonyl (C=O) groups is 1. The molecule has 0 bridgehead atoms. The Bertz CT molecular complexity index is 1670. The average Bonchev–Trinajstić information content (AvgIpc) is 3.59. The zero-order valence-electron chi connectivity index (χ0n) is 21.6. The summed E-state index contributed by atoms with van der Waals surface area (Å²) in [6, 6.07) is 32.1. The Labute approximate surface area is 237 Å². The molecule has 40 heavy (non-hydrogen) atoms. The van der Waals surface area contributed by atoms with Crippen LogP contribution >= 0.6 is 12.2 Å². The Morgan fingerprint density at radius 2 is 1.62 bits per heavy atom. The number of rotatable bonds is 7. The van der Waals surface area contributed by atoms with Crippen molar-refractivity contribution in [1.82, 2.24) is 14.9 Å².